The molecule has 0 aromatic carbocycles. The summed E-state index contributed by atoms with van der Waals surface area (Å²) in [6.45, 7) is 11.9. The average Bonchev–Trinajstić information content (AvgIpc) is 2.54. The molecule has 0 bridgehead atoms. The first kappa shape index (κ1) is 23.8. The molecule has 0 saturated carbocycles. The maximum absolute atomic E-state index is 10.0. The van der Waals surface area contributed by atoms with Crippen molar-refractivity contribution in [2.45, 2.75) is 96.9 Å². The molecule has 0 aromatic heterocycles. The van der Waals surface area contributed by atoms with Crippen LogP contribution in [0.25, 0.3) is 0 Å². The third-order valence-corrected chi connectivity index (χ3v) is 4.28. The van der Waals surface area contributed by atoms with Crippen LogP contribution in [0.5, 0.6) is 0 Å². The van der Waals surface area contributed by atoms with Gasteiger partial charge in [-0.05, 0) is 27.2 Å². The Labute approximate surface area is 150 Å². The van der Waals surface area contributed by atoms with Gasteiger partial charge in [-0.3, -0.25) is 0 Å². The summed E-state index contributed by atoms with van der Waals surface area (Å²) >= 11 is 0. The molecule has 0 radical (unpaired) electrons. The molecule has 0 aliphatic rings. The predicted octanol–water partition coefficient (Wildman–Crippen LogP) is 1.99. The van der Waals surface area contributed by atoms with Crippen LogP contribution in [0.3, 0.4) is 0 Å². The third kappa shape index (κ3) is 16.7. The van der Waals surface area contributed by atoms with Crippen molar-refractivity contribution in [2.24, 2.45) is 5.73 Å². The first-order valence-corrected chi connectivity index (χ1v) is 10.1. The molecule has 4 unspecified atom stereocenters. The van der Waals surface area contributed by atoms with Crippen LogP contribution >= 0.6 is 0 Å². The molecule has 6 N–H and O–H groups in total. The second-order valence-corrected chi connectivity index (χ2v) is 7.46. The summed E-state index contributed by atoms with van der Waals surface area (Å²) in [4.78, 5) is 0. The molecule has 0 fully saturated rings. The molecular formula is C19H44N4O. The monoisotopic (exact) mass is 344 g/mol. The smallest absolute Gasteiger partial charge is 0.0664 e. The van der Waals surface area contributed by atoms with Crippen molar-refractivity contribution in [1.29, 1.82) is 0 Å². The highest BCUT2D eigenvalue weighted by Gasteiger charge is 2.07. The molecule has 0 amide bonds. The zero-order valence-corrected chi connectivity index (χ0v) is 16.6. The Morgan fingerprint density at radius 2 is 1.38 bits per heavy atom. The number of hydrogen-bond acceptors (Lipinski definition) is 5. The first-order chi connectivity index (χ1) is 11.5. The highest BCUT2D eigenvalue weighted by molar-refractivity contribution is 4.72. The van der Waals surface area contributed by atoms with Crippen molar-refractivity contribution in [2.75, 3.05) is 26.2 Å². The van der Waals surface area contributed by atoms with E-state index in [1.165, 1.54) is 32.1 Å². The number of nitrogens with two attached hydrogens (primary N) is 1. The van der Waals surface area contributed by atoms with Crippen molar-refractivity contribution in [3.8, 4) is 0 Å². The van der Waals surface area contributed by atoms with E-state index < -0.39 is 0 Å². The van der Waals surface area contributed by atoms with Gasteiger partial charge in [0.15, 0.2) is 0 Å². The summed E-state index contributed by atoms with van der Waals surface area (Å²) in [6, 6.07) is 1.00. The van der Waals surface area contributed by atoms with E-state index in [2.05, 4.69) is 36.7 Å². The zero-order valence-electron chi connectivity index (χ0n) is 16.6. The van der Waals surface area contributed by atoms with Gasteiger partial charge in [-0.2, -0.15) is 0 Å². The standard InChI is InChI=1S/C19H44N4O/c1-5-6-7-8-9-10-11-19(24)15-21-13-17(3)23-14-18(4)22-12-16(2)20/h16-19,21-24H,5-15,20H2,1-4H3. The van der Waals surface area contributed by atoms with Crippen LogP contribution in [-0.2, 0) is 0 Å². The maximum Gasteiger partial charge on any atom is 0.0664 e. The summed E-state index contributed by atoms with van der Waals surface area (Å²) in [5.41, 5.74) is 5.74. The van der Waals surface area contributed by atoms with Crippen molar-refractivity contribution in [1.82, 2.24) is 16.0 Å². The molecule has 0 aliphatic carbocycles. The van der Waals surface area contributed by atoms with E-state index in [1.54, 1.807) is 0 Å². The van der Waals surface area contributed by atoms with E-state index in [0.29, 0.717) is 18.6 Å². The van der Waals surface area contributed by atoms with E-state index in [4.69, 9.17) is 5.73 Å². The van der Waals surface area contributed by atoms with Gasteiger partial charge in [0, 0.05) is 44.3 Å². The summed E-state index contributed by atoms with van der Waals surface area (Å²) < 4.78 is 0. The van der Waals surface area contributed by atoms with E-state index in [1.807, 2.05) is 6.92 Å². The second kappa shape index (κ2) is 16.3. The summed E-state index contributed by atoms with van der Waals surface area (Å²) in [7, 11) is 0. The largest absolute Gasteiger partial charge is 0.392 e. The molecule has 0 aromatic rings. The molecule has 0 aliphatic heterocycles. The van der Waals surface area contributed by atoms with E-state index >= 15 is 0 Å². The van der Waals surface area contributed by atoms with Gasteiger partial charge in [-0.15, -0.1) is 0 Å². The lowest BCUT2D eigenvalue weighted by atomic mass is 10.1. The van der Waals surface area contributed by atoms with E-state index in [9.17, 15) is 5.11 Å². The van der Waals surface area contributed by atoms with Crippen LogP contribution < -0.4 is 21.7 Å². The number of aliphatic hydroxyl groups is 1. The van der Waals surface area contributed by atoms with Crippen LogP contribution in [0.15, 0.2) is 0 Å². The fourth-order valence-corrected chi connectivity index (χ4v) is 2.64. The van der Waals surface area contributed by atoms with Gasteiger partial charge in [-0.25, -0.2) is 0 Å². The lowest BCUT2D eigenvalue weighted by Crippen LogP contribution is -2.46. The third-order valence-electron chi connectivity index (χ3n) is 4.28. The molecule has 5 heteroatoms. The molecule has 0 heterocycles. The Balaban J connectivity index is 3.47. The fourth-order valence-electron chi connectivity index (χ4n) is 2.64. The fraction of sp³-hybridized carbons (Fsp3) is 1.00. The molecule has 146 valence electrons. The molecule has 4 atom stereocenters. The number of unbranched alkanes of at least 4 members (excludes halogenated alkanes) is 5. The van der Waals surface area contributed by atoms with Crippen LogP contribution in [0.4, 0.5) is 0 Å². The molecular weight excluding hydrogens is 300 g/mol. The normalized spacial score (nSPS) is 16.8. The van der Waals surface area contributed by atoms with Crippen LogP contribution in [0, 0.1) is 0 Å². The molecule has 5 nitrogen and oxygen atoms in total. The number of rotatable bonds is 17. The quantitative estimate of drug-likeness (QED) is 0.261. The van der Waals surface area contributed by atoms with Crippen molar-refractivity contribution < 1.29 is 5.11 Å². The lowest BCUT2D eigenvalue weighted by molar-refractivity contribution is 0.157. The molecule has 0 rings (SSSR count). The van der Waals surface area contributed by atoms with Gasteiger partial charge in [0.25, 0.3) is 0 Å². The van der Waals surface area contributed by atoms with Crippen molar-refractivity contribution in [3.63, 3.8) is 0 Å². The van der Waals surface area contributed by atoms with Crippen LogP contribution in [0.1, 0.15) is 72.6 Å². The highest BCUT2D eigenvalue weighted by Crippen LogP contribution is 2.08. The summed E-state index contributed by atoms with van der Waals surface area (Å²) in [5, 5.41) is 20.3. The van der Waals surface area contributed by atoms with Gasteiger partial charge in [-0.1, -0.05) is 45.4 Å². The predicted molar refractivity (Wildman–Crippen MR) is 105 cm³/mol. The Morgan fingerprint density at radius 3 is 2.04 bits per heavy atom. The Hall–Kier alpha value is -0.200. The zero-order chi connectivity index (χ0) is 18.2. The molecule has 0 spiro atoms. The van der Waals surface area contributed by atoms with Gasteiger partial charge in [0.05, 0.1) is 6.10 Å². The van der Waals surface area contributed by atoms with E-state index in [-0.39, 0.29) is 12.1 Å². The highest BCUT2D eigenvalue weighted by atomic mass is 16.3. The number of aliphatic hydroxyl groups excluding tert-OH is 1. The minimum atomic E-state index is -0.213. The van der Waals surface area contributed by atoms with Crippen LogP contribution in [-0.4, -0.2) is 55.5 Å². The van der Waals surface area contributed by atoms with Crippen LogP contribution in [0.2, 0.25) is 0 Å². The van der Waals surface area contributed by atoms with Crippen molar-refractivity contribution in [3.05, 3.63) is 0 Å². The Kier molecular flexibility index (Phi) is 16.1. The second-order valence-electron chi connectivity index (χ2n) is 7.46. The minimum Gasteiger partial charge on any atom is -0.392 e. The average molecular weight is 345 g/mol. The Morgan fingerprint density at radius 1 is 0.792 bits per heavy atom. The molecule has 24 heavy (non-hydrogen) atoms. The number of hydrogen-bond donors (Lipinski definition) is 5. The van der Waals surface area contributed by atoms with E-state index in [0.717, 1.165) is 32.5 Å². The van der Waals surface area contributed by atoms with Gasteiger partial charge >= 0.3 is 0 Å². The van der Waals surface area contributed by atoms with Gasteiger partial charge in [0.1, 0.15) is 0 Å². The van der Waals surface area contributed by atoms with Gasteiger partial charge in [0.2, 0.25) is 0 Å². The number of nitrogens with one attached hydrogen (secondary N) is 3. The lowest BCUT2D eigenvalue weighted by Gasteiger charge is -2.20. The SMILES string of the molecule is CCCCCCCCC(O)CNCC(C)NCC(C)NCC(C)N. The summed E-state index contributed by atoms with van der Waals surface area (Å²) in [6.07, 6.45) is 8.38. The van der Waals surface area contributed by atoms with Crippen molar-refractivity contribution >= 4 is 0 Å². The topological polar surface area (TPSA) is 82.3 Å². The minimum absolute atomic E-state index is 0.194. The van der Waals surface area contributed by atoms with Gasteiger partial charge < -0.3 is 26.8 Å². The molecule has 0 saturated heterocycles. The maximum atomic E-state index is 10.0. The Bertz CT molecular complexity index is 264. The summed E-state index contributed by atoms with van der Waals surface area (Å²) in [5.74, 6) is 0. The first-order valence-electron chi connectivity index (χ1n) is 10.1.